The molecule has 0 aliphatic carbocycles. The first-order chi connectivity index (χ1) is 6.11. The minimum Gasteiger partial charge on any atom is -0.354 e. The van der Waals surface area contributed by atoms with E-state index in [2.05, 4.69) is 24.1 Å². The smallest absolute Gasteiger partial charge is 0.202 e. The number of rotatable bonds is 4. The number of nitrogens with two attached hydrogens (primary N) is 1. The van der Waals surface area contributed by atoms with Gasteiger partial charge in [0.15, 0.2) is 0 Å². The van der Waals surface area contributed by atoms with Crippen LogP contribution >= 0.6 is 0 Å². The number of anilines is 1. The lowest BCUT2D eigenvalue weighted by atomic mass is 10.1. The Labute approximate surface area is 79.1 Å². The van der Waals surface area contributed by atoms with E-state index < -0.39 is 0 Å². The third-order valence-corrected chi connectivity index (χ3v) is 2.17. The minimum atomic E-state index is 0.177. The zero-order chi connectivity index (χ0) is 9.84. The third-order valence-electron chi connectivity index (χ3n) is 2.17. The molecule has 74 valence electrons. The van der Waals surface area contributed by atoms with Gasteiger partial charge >= 0.3 is 0 Å². The first kappa shape index (κ1) is 10.1. The van der Waals surface area contributed by atoms with Crippen molar-refractivity contribution in [3.05, 3.63) is 12.4 Å². The van der Waals surface area contributed by atoms with Crippen LogP contribution in [-0.4, -0.2) is 22.1 Å². The second-order valence-corrected chi connectivity index (χ2v) is 3.65. The van der Waals surface area contributed by atoms with E-state index in [1.807, 2.05) is 17.8 Å². The highest BCUT2D eigenvalue weighted by Gasteiger charge is 2.07. The summed E-state index contributed by atoms with van der Waals surface area (Å²) in [6, 6.07) is 0.177. The van der Waals surface area contributed by atoms with Crippen LogP contribution in [0.1, 0.15) is 13.8 Å². The molecule has 1 rings (SSSR count). The largest absolute Gasteiger partial charge is 0.354 e. The van der Waals surface area contributed by atoms with Crippen molar-refractivity contribution >= 4 is 5.95 Å². The van der Waals surface area contributed by atoms with Crippen LogP contribution in [0.4, 0.5) is 5.95 Å². The molecule has 1 atom stereocenters. The van der Waals surface area contributed by atoms with Crippen molar-refractivity contribution in [3.63, 3.8) is 0 Å². The first-order valence-electron chi connectivity index (χ1n) is 4.58. The van der Waals surface area contributed by atoms with Gasteiger partial charge in [0, 0.05) is 32.0 Å². The Bertz CT molecular complexity index is 254. The molecule has 13 heavy (non-hydrogen) atoms. The molecule has 0 radical (unpaired) electrons. The summed E-state index contributed by atoms with van der Waals surface area (Å²) in [5.74, 6) is 1.36. The average Bonchev–Trinajstić information content (AvgIpc) is 2.47. The van der Waals surface area contributed by atoms with E-state index in [1.165, 1.54) is 0 Å². The van der Waals surface area contributed by atoms with Gasteiger partial charge in [-0.15, -0.1) is 0 Å². The lowest BCUT2D eigenvalue weighted by Crippen LogP contribution is -2.34. The molecule has 0 amide bonds. The van der Waals surface area contributed by atoms with Gasteiger partial charge < -0.3 is 15.6 Å². The minimum absolute atomic E-state index is 0.177. The summed E-state index contributed by atoms with van der Waals surface area (Å²) in [5.41, 5.74) is 5.88. The fraction of sp³-hybridized carbons (Fsp3) is 0.667. The van der Waals surface area contributed by atoms with E-state index in [0.29, 0.717) is 5.92 Å². The molecule has 1 aromatic heterocycles. The van der Waals surface area contributed by atoms with Gasteiger partial charge in [-0.05, 0) is 5.92 Å². The number of hydrogen-bond donors (Lipinski definition) is 2. The predicted octanol–water partition coefficient (Wildman–Crippen LogP) is 0.815. The zero-order valence-corrected chi connectivity index (χ0v) is 8.49. The molecule has 1 heterocycles. The second kappa shape index (κ2) is 4.28. The van der Waals surface area contributed by atoms with Crippen LogP contribution in [0, 0.1) is 5.92 Å². The normalized spacial score (nSPS) is 13.3. The Kier molecular flexibility index (Phi) is 3.31. The topological polar surface area (TPSA) is 55.9 Å². The Morgan fingerprint density at radius 1 is 1.62 bits per heavy atom. The molecule has 0 saturated heterocycles. The highest BCUT2D eigenvalue weighted by Crippen LogP contribution is 2.03. The summed E-state index contributed by atoms with van der Waals surface area (Å²) < 4.78 is 1.94. The maximum atomic E-state index is 5.88. The van der Waals surface area contributed by atoms with Crippen LogP contribution in [0.3, 0.4) is 0 Å². The molecule has 0 aliphatic heterocycles. The molecule has 1 aromatic rings. The fourth-order valence-corrected chi connectivity index (χ4v) is 0.981. The van der Waals surface area contributed by atoms with Crippen molar-refractivity contribution < 1.29 is 0 Å². The highest BCUT2D eigenvalue weighted by molar-refractivity contribution is 5.25. The summed E-state index contributed by atoms with van der Waals surface area (Å²) >= 11 is 0. The number of aromatic nitrogens is 2. The Balaban J connectivity index is 2.39. The van der Waals surface area contributed by atoms with Gasteiger partial charge in [0.2, 0.25) is 5.95 Å². The van der Waals surface area contributed by atoms with Crippen molar-refractivity contribution in [1.82, 2.24) is 9.55 Å². The maximum Gasteiger partial charge on any atom is 0.202 e. The number of nitrogens with one attached hydrogen (secondary N) is 1. The van der Waals surface area contributed by atoms with Crippen LogP contribution < -0.4 is 11.1 Å². The predicted molar refractivity (Wildman–Crippen MR) is 54.5 cm³/mol. The molecule has 0 fully saturated rings. The van der Waals surface area contributed by atoms with E-state index in [4.69, 9.17) is 5.73 Å². The van der Waals surface area contributed by atoms with Gasteiger partial charge in [-0.2, -0.15) is 0 Å². The SMILES string of the molecule is CC(C)C(N)CNc1nccn1C. The highest BCUT2D eigenvalue weighted by atomic mass is 15.2. The number of hydrogen-bond acceptors (Lipinski definition) is 3. The van der Waals surface area contributed by atoms with E-state index in [0.717, 1.165) is 12.5 Å². The van der Waals surface area contributed by atoms with E-state index >= 15 is 0 Å². The van der Waals surface area contributed by atoms with Gasteiger partial charge in [0.25, 0.3) is 0 Å². The van der Waals surface area contributed by atoms with Gasteiger partial charge in [-0.1, -0.05) is 13.8 Å². The van der Waals surface area contributed by atoms with Crippen LogP contribution in [-0.2, 0) is 7.05 Å². The summed E-state index contributed by atoms with van der Waals surface area (Å²) in [5, 5.41) is 3.20. The summed E-state index contributed by atoms with van der Waals surface area (Å²) in [6.45, 7) is 5.00. The molecule has 4 nitrogen and oxygen atoms in total. The van der Waals surface area contributed by atoms with Crippen molar-refractivity contribution in [2.24, 2.45) is 18.7 Å². The van der Waals surface area contributed by atoms with E-state index in [1.54, 1.807) is 6.20 Å². The standard InChI is InChI=1S/C9H18N4/c1-7(2)8(10)6-12-9-11-4-5-13(9)3/h4-5,7-8H,6,10H2,1-3H3,(H,11,12). The Hall–Kier alpha value is -1.03. The summed E-state index contributed by atoms with van der Waals surface area (Å²) in [4.78, 5) is 4.14. The molecule has 4 heteroatoms. The van der Waals surface area contributed by atoms with Crippen LogP contribution in [0.25, 0.3) is 0 Å². The van der Waals surface area contributed by atoms with Gasteiger partial charge in [-0.3, -0.25) is 0 Å². The van der Waals surface area contributed by atoms with Crippen molar-refractivity contribution in [2.75, 3.05) is 11.9 Å². The quantitative estimate of drug-likeness (QED) is 0.724. The lowest BCUT2D eigenvalue weighted by Gasteiger charge is -2.16. The average molecular weight is 182 g/mol. The number of aryl methyl sites for hydroxylation is 1. The first-order valence-corrected chi connectivity index (χ1v) is 4.58. The molecule has 0 spiro atoms. The molecule has 0 bridgehead atoms. The van der Waals surface area contributed by atoms with Crippen molar-refractivity contribution in [3.8, 4) is 0 Å². The molecule has 0 aliphatic rings. The molecule has 1 unspecified atom stereocenters. The molecular weight excluding hydrogens is 164 g/mol. The molecule has 3 N–H and O–H groups in total. The number of nitrogens with zero attached hydrogens (tertiary/aromatic N) is 2. The van der Waals surface area contributed by atoms with E-state index in [-0.39, 0.29) is 6.04 Å². The van der Waals surface area contributed by atoms with E-state index in [9.17, 15) is 0 Å². The molecule has 0 saturated carbocycles. The summed E-state index contributed by atoms with van der Waals surface area (Å²) in [6.07, 6.45) is 3.67. The van der Waals surface area contributed by atoms with Gasteiger partial charge in [0.1, 0.15) is 0 Å². The van der Waals surface area contributed by atoms with Gasteiger partial charge in [0.05, 0.1) is 0 Å². The lowest BCUT2D eigenvalue weighted by molar-refractivity contribution is 0.510. The molecular formula is C9H18N4. The van der Waals surface area contributed by atoms with Crippen molar-refractivity contribution in [2.45, 2.75) is 19.9 Å². The zero-order valence-electron chi connectivity index (χ0n) is 8.49. The van der Waals surface area contributed by atoms with Crippen LogP contribution in [0.5, 0.6) is 0 Å². The van der Waals surface area contributed by atoms with Crippen LogP contribution in [0.2, 0.25) is 0 Å². The summed E-state index contributed by atoms with van der Waals surface area (Å²) in [7, 11) is 1.95. The van der Waals surface area contributed by atoms with Crippen molar-refractivity contribution in [1.29, 1.82) is 0 Å². The number of imidazole rings is 1. The monoisotopic (exact) mass is 182 g/mol. The maximum absolute atomic E-state index is 5.88. The Morgan fingerprint density at radius 3 is 2.77 bits per heavy atom. The Morgan fingerprint density at radius 2 is 2.31 bits per heavy atom. The molecule has 0 aromatic carbocycles. The fourth-order valence-electron chi connectivity index (χ4n) is 0.981. The van der Waals surface area contributed by atoms with Gasteiger partial charge in [-0.25, -0.2) is 4.98 Å². The van der Waals surface area contributed by atoms with Crippen LogP contribution in [0.15, 0.2) is 12.4 Å². The second-order valence-electron chi connectivity index (χ2n) is 3.65. The third kappa shape index (κ3) is 2.73.